The Bertz CT molecular complexity index is 1030. The minimum Gasteiger partial charge on any atom is -0.460 e. The number of carbonyl (C=O) groups excluding carboxylic acids is 2. The highest BCUT2D eigenvalue weighted by molar-refractivity contribution is 5.96. The third kappa shape index (κ3) is 7.73. The maximum absolute atomic E-state index is 13.6. The van der Waals surface area contributed by atoms with Gasteiger partial charge in [0.05, 0.1) is 6.10 Å². The monoisotopic (exact) mass is 468 g/mol. The van der Waals surface area contributed by atoms with Gasteiger partial charge in [0, 0.05) is 6.42 Å². The molecule has 0 bridgehead atoms. The summed E-state index contributed by atoms with van der Waals surface area (Å²) in [5, 5.41) is 10.4. The summed E-state index contributed by atoms with van der Waals surface area (Å²) in [6, 6.07) is 12.2. The molecule has 1 unspecified atom stereocenters. The molecule has 1 N–H and O–H groups in total. The molecule has 0 aromatic heterocycles. The van der Waals surface area contributed by atoms with Crippen molar-refractivity contribution in [3.63, 3.8) is 0 Å². The number of rotatable bonds is 9. The molecular formula is C28H30F2O4. The van der Waals surface area contributed by atoms with Crippen LogP contribution in [0.15, 0.2) is 66.3 Å². The molecule has 0 saturated heterocycles. The Morgan fingerprint density at radius 3 is 1.94 bits per heavy atom. The van der Waals surface area contributed by atoms with Crippen molar-refractivity contribution < 1.29 is 28.2 Å². The fourth-order valence-electron chi connectivity index (χ4n) is 3.68. The number of hydrogen-bond acceptors (Lipinski definition) is 4. The lowest BCUT2D eigenvalue weighted by Crippen LogP contribution is -2.26. The van der Waals surface area contributed by atoms with E-state index in [1.807, 2.05) is 0 Å². The van der Waals surface area contributed by atoms with Gasteiger partial charge in [-0.3, -0.25) is 9.59 Å². The van der Waals surface area contributed by atoms with E-state index in [-0.39, 0.29) is 24.0 Å². The van der Waals surface area contributed by atoms with Gasteiger partial charge in [0.25, 0.3) is 0 Å². The topological polar surface area (TPSA) is 63.6 Å². The van der Waals surface area contributed by atoms with Gasteiger partial charge in [-0.25, -0.2) is 8.78 Å². The zero-order valence-electron chi connectivity index (χ0n) is 19.7. The molecule has 4 nitrogen and oxygen atoms in total. The molecule has 0 radical (unpaired) electrons. The number of hydrogen-bond donors (Lipinski definition) is 1. The normalized spacial score (nSPS) is 14.6. The minimum atomic E-state index is -1.08. The maximum Gasteiger partial charge on any atom is 0.313 e. The fourth-order valence-corrected chi connectivity index (χ4v) is 3.68. The van der Waals surface area contributed by atoms with E-state index in [4.69, 9.17) is 4.74 Å². The fraction of sp³-hybridized carbons (Fsp3) is 0.357. The zero-order chi connectivity index (χ0) is 24.9. The number of esters is 1. The van der Waals surface area contributed by atoms with Gasteiger partial charge in [0.15, 0.2) is 0 Å². The molecule has 180 valence electrons. The first-order valence-electron chi connectivity index (χ1n) is 11.4. The molecule has 3 rings (SSSR count). The number of ketones is 1. The van der Waals surface area contributed by atoms with Gasteiger partial charge in [-0.15, -0.1) is 0 Å². The summed E-state index contributed by atoms with van der Waals surface area (Å²) in [7, 11) is 0. The average molecular weight is 469 g/mol. The number of allylic oxidation sites excluding steroid dienone is 2. The molecule has 1 aliphatic carbocycles. The smallest absolute Gasteiger partial charge is 0.313 e. The molecule has 6 heteroatoms. The lowest BCUT2D eigenvalue weighted by molar-refractivity contribution is -0.156. The van der Waals surface area contributed by atoms with Gasteiger partial charge in [-0.1, -0.05) is 36.4 Å². The molecule has 0 aliphatic heterocycles. The molecule has 2 aromatic rings. The number of aliphatic hydroxyl groups is 1. The maximum atomic E-state index is 13.6. The van der Waals surface area contributed by atoms with Gasteiger partial charge < -0.3 is 9.84 Å². The van der Waals surface area contributed by atoms with E-state index in [2.05, 4.69) is 0 Å². The molecule has 0 amide bonds. The summed E-state index contributed by atoms with van der Waals surface area (Å²) < 4.78 is 32.3. The Morgan fingerprint density at radius 2 is 1.50 bits per heavy atom. The van der Waals surface area contributed by atoms with Crippen molar-refractivity contribution in [2.24, 2.45) is 5.92 Å². The van der Waals surface area contributed by atoms with E-state index in [0.29, 0.717) is 0 Å². The second kappa shape index (κ2) is 10.9. The highest BCUT2D eigenvalue weighted by Crippen LogP contribution is 2.43. The summed E-state index contributed by atoms with van der Waals surface area (Å²) in [6.45, 7) is 5.16. The van der Waals surface area contributed by atoms with E-state index in [1.165, 1.54) is 30.3 Å². The molecule has 1 aliphatic rings. The molecule has 0 heterocycles. The average Bonchev–Trinajstić information content (AvgIpc) is 3.56. The van der Waals surface area contributed by atoms with Crippen LogP contribution >= 0.6 is 0 Å². The van der Waals surface area contributed by atoms with Gasteiger partial charge >= 0.3 is 5.97 Å². The first-order valence-corrected chi connectivity index (χ1v) is 11.4. The Balaban J connectivity index is 1.84. The van der Waals surface area contributed by atoms with Crippen molar-refractivity contribution in [1.82, 2.24) is 0 Å². The Kier molecular flexibility index (Phi) is 8.15. The van der Waals surface area contributed by atoms with E-state index in [0.717, 1.165) is 35.1 Å². The second-order valence-electron chi connectivity index (χ2n) is 9.55. The van der Waals surface area contributed by atoms with Gasteiger partial charge in [0.2, 0.25) is 0 Å². The lowest BCUT2D eigenvalue weighted by atomic mass is 9.90. The predicted molar refractivity (Wildman–Crippen MR) is 127 cm³/mol. The second-order valence-corrected chi connectivity index (χ2v) is 9.55. The largest absolute Gasteiger partial charge is 0.460 e. The van der Waals surface area contributed by atoms with Crippen molar-refractivity contribution in [2.75, 3.05) is 0 Å². The van der Waals surface area contributed by atoms with Crippen molar-refractivity contribution in [3.8, 4) is 0 Å². The number of benzene rings is 2. The molecular weight excluding hydrogens is 438 g/mol. The Morgan fingerprint density at radius 1 is 1.00 bits per heavy atom. The Labute approximate surface area is 199 Å². The first kappa shape index (κ1) is 25.5. The molecule has 1 saturated carbocycles. The standard InChI is InChI=1S/C28H30F2O4/c1-28(2,3)34-26(33)17-24(32)16-23(31)14-15-25(18-4-5-18)27(19-6-10-21(29)11-7-19)20-8-12-22(30)13-9-20/h6-15,18,23,31H,4-5,16-17H2,1-3H3/b15-14+. The van der Waals surface area contributed by atoms with Crippen LogP contribution in [-0.2, 0) is 14.3 Å². The van der Waals surface area contributed by atoms with Crippen molar-refractivity contribution >= 4 is 17.3 Å². The summed E-state index contributed by atoms with van der Waals surface area (Å²) in [5.74, 6) is -1.51. The van der Waals surface area contributed by atoms with Crippen LogP contribution in [-0.4, -0.2) is 28.6 Å². The SMILES string of the molecule is CC(C)(C)OC(=O)CC(=O)CC(O)/C=C/C(=C(c1ccc(F)cc1)c1ccc(F)cc1)C1CC1. The molecule has 1 fully saturated rings. The predicted octanol–water partition coefficient (Wildman–Crippen LogP) is 5.78. The minimum absolute atomic E-state index is 0.212. The summed E-state index contributed by atoms with van der Waals surface area (Å²) in [5.41, 5.74) is 2.62. The zero-order valence-corrected chi connectivity index (χ0v) is 19.7. The number of ether oxygens (including phenoxy) is 1. The van der Waals surface area contributed by atoms with E-state index >= 15 is 0 Å². The molecule has 2 aromatic carbocycles. The number of carbonyl (C=O) groups is 2. The van der Waals surface area contributed by atoms with E-state index in [1.54, 1.807) is 51.1 Å². The summed E-state index contributed by atoms with van der Waals surface area (Å²) in [6.07, 6.45) is 3.54. The van der Waals surface area contributed by atoms with Crippen LogP contribution < -0.4 is 0 Å². The van der Waals surface area contributed by atoms with Crippen LogP contribution in [0.25, 0.3) is 5.57 Å². The third-order valence-electron chi connectivity index (χ3n) is 5.27. The lowest BCUT2D eigenvalue weighted by Gasteiger charge is -2.19. The Hall–Kier alpha value is -3.12. The van der Waals surface area contributed by atoms with Crippen molar-refractivity contribution in [3.05, 3.63) is 89.0 Å². The molecule has 0 spiro atoms. The molecule has 34 heavy (non-hydrogen) atoms. The number of aliphatic hydroxyl groups excluding tert-OH is 1. The van der Waals surface area contributed by atoms with Crippen LogP contribution in [0.2, 0.25) is 0 Å². The number of Topliss-reactive ketones (excluding diaryl/α,β-unsaturated/α-hetero) is 1. The van der Waals surface area contributed by atoms with E-state index < -0.39 is 29.9 Å². The highest BCUT2D eigenvalue weighted by atomic mass is 19.1. The van der Waals surface area contributed by atoms with Crippen molar-refractivity contribution in [1.29, 1.82) is 0 Å². The van der Waals surface area contributed by atoms with Crippen LogP contribution in [0.1, 0.15) is 57.6 Å². The van der Waals surface area contributed by atoms with E-state index in [9.17, 15) is 23.5 Å². The van der Waals surface area contributed by atoms with Crippen LogP contribution in [0.5, 0.6) is 0 Å². The van der Waals surface area contributed by atoms with Crippen molar-refractivity contribution in [2.45, 2.75) is 58.2 Å². The van der Waals surface area contributed by atoms with Crippen LogP contribution in [0.3, 0.4) is 0 Å². The first-order chi connectivity index (χ1) is 16.0. The molecule has 1 atom stereocenters. The van der Waals surface area contributed by atoms with Crippen LogP contribution in [0, 0.1) is 17.6 Å². The van der Waals surface area contributed by atoms with Gasteiger partial charge in [0.1, 0.15) is 29.4 Å². The van der Waals surface area contributed by atoms with Gasteiger partial charge in [-0.2, -0.15) is 0 Å². The van der Waals surface area contributed by atoms with Crippen LogP contribution in [0.4, 0.5) is 8.78 Å². The van der Waals surface area contributed by atoms with Gasteiger partial charge in [-0.05, 0) is 86.1 Å². The summed E-state index contributed by atoms with van der Waals surface area (Å²) in [4.78, 5) is 24.1. The summed E-state index contributed by atoms with van der Waals surface area (Å²) >= 11 is 0. The highest BCUT2D eigenvalue weighted by Gasteiger charge is 2.28. The number of halogens is 2. The quantitative estimate of drug-likeness (QED) is 0.288. The third-order valence-corrected chi connectivity index (χ3v) is 5.27.